The lowest BCUT2D eigenvalue weighted by Crippen LogP contribution is -2.49. The number of amides is 1. The Balaban J connectivity index is 1.70. The number of rotatable bonds is 2. The van der Waals surface area contributed by atoms with Crippen LogP contribution in [0.5, 0.6) is 0 Å². The van der Waals surface area contributed by atoms with E-state index in [0.717, 1.165) is 5.82 Å². The van der Waals surface area contributed by atoms with E-state index in [1.54, 1.807) is 35.4 Å². The van der Waals surface area contributed by atoms with Crippen molar-refractivity contribution in [1.29, 1.82) is 0 Å². The van der Waals surface area contributed by atoms with E-state index < -0.39 is 0 Å². The van der Waals surface area contributed by atoms with E-state index in [4.69, 9.17) is 11.6 Å². The Morgan fingerprint density at radius 3 is 2.64 bits per heavy atom. The molecule has 0 radical (unpaired) electrons. The van der Waals surface area contributed by atoms with Gasteiger partial charge < -0.3 is 14.8 Å². The summed E-state index contributed by atoms with van der Waals surface area (Å²) in [6, 6.07) is 6.78. The average Bonchev–Trinajstić information content (AvgIpc) is 2.55. The molecule has 114 valence electrons. The van der Waals surface area contributed by atoms with Crippen LogP contribution in [0.1, 0.15) is 10.4 Å². The summed E-state index contributed by atoms with van der Waals surface area (Å²) in [5.74, 6) is 0.488. The Kier molecular flexibility index (Phi) is 4.11. The summed E-state index contributed by atoms with van der Waals surface area (Å²) >= 11 is 6.14. The highest BCUT2D eigenvalue weighted by Gasteiger charge is 2.25. The summed E-state index contributed by atoms with van der Waals surface area (Å²) in [5, 5.41) is 0.599. The number of carbonyl (C=O) groups is 1. The van der Waals surface area contributed by atoms with Gasteiger partial charge in [0.2, 0.25) is 0 Å². The first-order chi connectivity index (χ1) is 10.7. The molecule has 1 saturated heterocycles. The standard InChI is InChI=1S/C15H15ClN4O2/c16-12-4-2-5-17-13(12)19-7-9-20(10-8-19)15(22)11-3-1-6-18-14(11)21/h1-6H,7-10H2,(H,18,21). The quantitative estimate of drug-likeness (QED) is 0.908. The summed E-state index contributed by atoms with van der Waals surface area (Å²) in [4.78, 5) is 34.6. The van der Waals surface area contributed by atoms with Crippen LogP contribution in [0, 0.1) is 0 Å². The Morgan fingerprint density at radius 1 is 1.18 bits per heavy atom. The van der Waals surface area contributed by atoms with Crippen LogP contribution in [0.25, 0.3) is 0 Å². The van der Waals surface area contributed by atoms with E-state index >= 15 is 0 Å². The van der Waals surface area contributed by atoms with Crippen LogP contribution in [0.4, 0.5) is 5.82 Å². The fourth-order valence-electron chi connectivity index (χ4n) is 2.49. The first-order valence-electron chi connectivity index (χ1n) is 6.99. The third-order valence-electron chi connectivity index (χ3n) is 3.65. The molecule has 2 aromatic heterocycles. The molecule has 1 fully saturated rings. The van der Waals surface area contributed by atoms with E-state index in [9.17, 15) is 9.59 Å². The van der Waals surface area contributed by atoms with Crippen molar-refractivity contribution < 1.29 is 4.79 Å². The second-order valence-electron chi connectivity index (χ2n) is 5.00. The number of piperazine rings is 1. The second kappa shape index (κ2) is 6.19. The van der Waals surface area contributed by atoms with Crippen LogP contribution in [-0.2, 0) is 0 Å². The van der Waals surface area contributed by atoms with E-state index in [-0.39, 0.29) is 17.0 Å². The van der Waals surface area contributed by atoms with Crippen molar-refractivity contribution in [3.63, 3.8) is 0 Å². The van der Waals surface area contributed by atoms with Crippen molar-refractivity contribution in [3.05, 3.63) is 57.6 Å². The third-order valence-corrected chi connectivity index (χ3v) is 3.95. The maximum absolute atomic E-state index is 12.4. The molecule has 0 saturated carbocycles. The number of aromatic nitrogens is 2. The van der Waals surface area contributed by atoms with Gasteiger partial charge in [-0.05, 0) is 24.3 Å². The van der Waals surface area contributed by atoms with E-state index in [1.165, 1.54) is 6.20 Å². The molecule has 3 rings (SSSR count). The smallest absolute Gasteiger partial charge is 0.260 e. The zero-order valence-corrected chi connectivity index (χ0v) is 12.6. The second-order valence-corrected chi connectivity index (χ2v) is 5.41. The minimum absolute atomic E-state index is 0.173. The van der Waals surface area contributed by atoms with Gasteiger partial charge >= 0.3 is 0 Å². The highest BCUT2D eigenvalue weighted by Crippen LogP contribution is 2.23. The van der Waals surface area contributed by atoms with Gasteiger partial charge in [0.05, 0.1) is 5.02 Å². The maximum atomic E-state index is 12.4. The van der Waals surface area contributed by atoms with Crippen LogP contribution in [-0.4, -0.2) is 47.0 Å². The molecule has 0 aliphatic carbocycles. The molecule has 22 heavy (non-hydrogen) atoms. The van der Waals surface area contributed by atoms with Crippen LogP contribution >= 0.6 is 11.6 Å². The molecule has 0 bridgehead atoms. The molecule has 1 N–H and O–H groups in total. The molecule has 2 aromatic rings. The normalized spacial score (nSPS) is 15.0. The third kappa shape index (κ3) is 2.82. The number of nitrogens with zero attached hydrogens (tertiary/aromatic N) is 3. The molecule has 1 amide bonds. The minimum atomic E-state index is -0.359. The Hall–Kier alpha value is -2.34. The number of aromatic amines is 1. The predicted molar refractivity (Wildman–Crippen MR) is 84.4 cm³/mol. The monoisotopic (exact) mass is 318 g/mol. The lowest BCUT2D eigenvalue weighted by molar-refractivity contribution is 0.0744. The Labute approximate surface area is 132 Å². The first kappa shape index (κ1) is 14.6. The van der Waals surface area contributed by atoms with Gasteiger partial charge in [0.25, 0.3) is 11.5 Å². The van der Waals surface area contributed by atoms with E-state index in [1.807, 2.05) is 4.90 Å². The van der Waals surface area contributed by atoms with Crippen molar-refractivity contribution in [2.45, 2.75) is 0 Å². The van der Waals surface area contributed by atoms with Crippen LogP contribution in [0.3, 0.4) is 0 Å². The summed E-state index contributed by atoms with van der Waals surface area (Å²) in [5.41, 5.74) is -0.186. The van der Waals surface area contributed by atoms with Gasteiger partial charge in [0.15, 0.2) is 0 Å². The Bertz CT molecular complexity index is 738. The van der Waals surface area contributed by atoms with Crippen LogP contribution in [0.2, 0.25) is 5.02 Å². The first-order valence-corrected chi connectivity index (χ1v) is 7.37. The number of hydrogen-bond acceptors (Lipinski definition) is 4. The highest BCUT2D eigenvalue weighted by atomic mass is 35.5. The molecule has 7 heteroatoms. The largest absolute Gasteiger partial charge is 0.352 e. The maximum Gasteiger partial charge on any atom is 0.260 e. The fraction of sp³-hybridized carbons (Fsp3) is 0.267. The topological polar surface area (TPSA) is 69.3 Å². The minimum Gasteiger partial charge on any atom is -0.352 e. The zero-order chi connectivity index (χ0) is 15.5. The lowest BCUT2D eigenvalue weighted by atomic mass is 10.2. The fourth-order valence-corrected chi connectivity index (χ4v) is 2.73. The van der Waals surface area contributed by atoms with Crippen LogP contribution in [0.15, 0.2) is 41.5 Å². The Morgan fingerprint density at radius 2 is 1.95 bits per heavy atom. The van der Waals surface area contributed by atoms with E-state index in [2.05, 4.69) is 9.97 Å². The number of H-pyrrole nitrogens is 1. The lowest BCUT2D eigenvalue weighted by Gasteiger charge is -2.35. The molecule has 3 heterocycles. The average molecular weight is 319 g/mol. The number of nitrogens with one attached hydrogen (secondary N) is 1. The van der Waals surface area contributed by atoms with Gasteiger partial charge in [-0.25, -0.2) is 4.98 Å². The number of pyridine rings is 2. The SMILES string of the molecule is O=C(c1ccc[nH]c1=O)N1CCN(c2ncccc2Cl)CC1. The molecular formula is C15H15ClN4O2. The predicted octanol–water partition coefficient (Wildman–Crippen LogP) is 1.39. The molecule has 0 aromatic carbocycles. The van der Waals surface area contributed by atoms with Crippen LogP contribution < -0.4 is 10.5 Å². The number of halogens is 1. The molecular weight excluding hydrogens is 304 g/mol. The van der Waals surface area contributed by atoms with Gasteiger partial charge in [-0.3, -0.25) is 9.59 Å². The number of carbonyl (C=O) groups excluding carboxylic acids is 1. The van der Waals surface area contributed by atoms with Gasteiger partial charge in [-0.1, -0.05) is 11.6 Å². The van der Waals surface area contributed by atoms with Crippen molar-refractivity contribution in [3.8, 4) is 0 Å². The highest BCUT2D eigenvalue weighted by molar-refractivity contribution is 6.32. The molecule has 0 unspecified atom stereocenters. The number of hydrogen-bond donors (Lipinski definition) is 1. The van der Waals surface area contributed by atoms with Crippen molar-refractivity contribution in [1.82, 2.24) is 14.9 Å². The summed E-state index contributed by atoms with van der Waals surface area (Å²) in [6.45, 7) is 2.32. The van der Waals surface area contributed by atoms with Crippen molar-refractivity contribution in [2.24, 2.45) is 0 Å². The van der Waals surface area contributed by atoms with Gasteiger partial charge in [-0.15, -0.1) is 0 Å². The van der Waals surface area contributed by atoms with Crippen molar-refractivity contribution in [2.75, 3.05) is 31.1 Å². The summed E-state index contributed by atoms with van der Waals surface area (Å²) < 4.78 is 0. The molecule has 1 aliphatic heterocycles. The zero-order valence-electron chi connectivity index (χ0n) is 11.8. The summed E-state index contributed by atoms with van der Waals surface area (Å²) in [6.07, 6.45) is 3.21. The molecule has 1 aliphatic rings. The van der Waals surface area contributed by atoms with Crippen molar-refractivity contribution >= 4 is 23.3 Å². The van der Waals surface area contributed by atoms with Gasteiger partial charge in [0.1, 0.15) is 11.4 Å². The summed E-state index contributed by atoms with van der Waals surface area (Å²) in [7, 11) is 0. The number of anilines is 1. The molecule has 0 spiro atoms. The molecule has 0 atom stereocenters. The van der Waals surface area contributed by atoms with E-state index in [0.29, 0.717) is 31.2 Å². The van der Waals surface area contributed by atoms with Gasteiger partial charge in [0, 0.05) is 38.6 Å². The van der Waals surface area contributed by atoms with Gasteiger partial charge in [-0.2, -0.15) is 0 Å². The molecule has 6 nitrogen and oxygen atoms in total.